The van der Waals surface area contributed by atoms with E-state index in [1.807, 2.05) is 32.9 Å². The monoisotopic (exact) mass is 373 g/mol. The van der Waals surface area contributed by atoms with Gasteiger partial charge in [0.15, 0.2) is 0 Å². The van der Waals surface area contributed by atoms with Crippen LogP contribution in [-0.2, 0) is 4.79 Å². The molecule has 7 heteroatoms. The Kier molecular flexibility index (Phi) is 5.41. The Morgan fingerprint density at radius 1 is 1.41 bits per heavy atom. The average molecular weight is 373 g/mol. The summed E-state index contributed by atoms with van der Waals surface area (Å²) in [6.45, 7) is 8.31. The van der Waals surface area contributed by atoms with Gasteiger partial charge in [0.25, 0.3) is 5.91 Å². The van der Waals surface area contributed by atoms with Gasteiger partial charge in [-0.1, -0.05) is 0 Å². The fraction of sp³-hybridized carbons (Fsp3) is 0.500. The van der Waals surface area contributed by atoms with Crippen molar-refractivity contribution >= 4 is 22.8 Å². The highest BCUT2D eigenvalue weighted by atomic mass is 16.5. The van der Waals surface area contributed by atoms with Crippen LogP contribution in [0.1, 0.15) is 43.3 Å². The van der Waals surface area contributed by atoms with Crippen LogP contribution in [0.5, 0.6) is 5.75 Å². The molecule has 1 aliphatic rings. The lowest BCUT2D eigenvalue weighted by molar-refractivity contribution is -0.125. The third kappa shape index (κ3) is 3.78. The number of nitrogens with two attached hydrogens (primary N) is 1. The molecule has 3 rings (SSSR count). The van der Waals surface area contributed by atoms with E-state index in [2.05, 4.69) is 5.32 Å². The first-order chi connectivity index (χ1) is 12.8. The molecule has 2 heterocycles. The topological polar surface area (TPSA) is 97.8 Å². The molecule has 2 aromatic rings. The number of amides is 2. The van der Waals surface area contributed by atoms with Gasteiger partial charge in [0, 0.05) is 24.0 Å². The van der Waals surface area contributed by atoms with Gasteiger partial charge in [-0.15, -0.1) is 0 Å². The molecule has 2 amide bonds. The van der Waals surface area contributed by atoms with E-state index in [9.17, 15) is 9.59 Å². The Balaban J connectivity index is 1.97. The normalized spacial score (nSPS) is 19.7. The predicted molar refractivity (Wildman–Crippen MR) is 103 cm³/mol. The standard InChI is InChI=1S/C20H27N3O4/c1-5-26-14-6-7-17-15(9-14)18(12(4)27-17)20(25)23-10-13(21)8-16(23)19(24)22-11(2)3/h6-7,9,11,13,16H,5,8,10,21H2,1-4H3,(H,22,24)/t13-,16+/m1/s1. The van der Waals surface area contributed by atoms with Crippen molar-refractivity contribution in [1.29, 1.82) is 0 Å². The molecule has 0 saturated carbocycles. The number of hydrogen-bond acceptors (Lipinski definition) is 5. The quantitative estimate of drug-likeness (QED) is 0.837. The third-order valence-corrected chi connectivity index (χ3v) is 4.69. The number of carbonyl (C=O) groups excluding carboxylic acids is 2. The summed E-state index contributed by atoms with van der Waals surface area (Å²) in [7, 11) is 0. The zero-order valence-corrected chi connectivity index (χ0v) is 16.2. The van der Waals surface area contributed by atoms with Crippen LogP contribution in [0.4, 0.5) is 0 Å². The number of hydrogen-bond donors (Lipinski definition) is 2. The minimum absolute atomic E-state index is 0.00322. The minimum atomic E-state index is -0.575. The molecule has 0 bridgehead atoms. The van der Waals surface area contributed by atoms with Gasteiger partial charge in [-0.3, -0.25) is 9.59 Å². The minimum Gasteiger partial charge on any atom is -0.494 e. The maximum atomic E-state index is 13.3. The summed E-state index contributed by atoms with van der Waals surface area (Å²) in [6, 6.07) is 4.61. The number of likely N-dealkylation sites (tertiary alicyclic amines) is 1. The molecule has 1 saturated heterocycles. The highest BCUT2D eigenvalue weighted by molar-refractivity contribution is 6.08. The van der Waals surface area contributed by atoms with E-state index in [1.54, 1.807) is 17.9 Å². The molecule has 1 aromatic carbocycles. The summed E-state index contributed by atoms with van der Waals surface area (Å²) >= 11 is 0. The van der Waals surface area contributed by atoms with Crippen molar-refractivity contribution in [2.45, 2.75) is 52.2 Å². The average Bonchev–Trinajstić information content (AvgIpc) is 3.13. The van der Waals surface area contributed by atoms with Gasteiger partial charge in [0.1, 0.15) is 23.1 Å². The van der Waals surface area contributed by atoms with Crippen LogP contribution in [0.2, 0.25) is 0 Å². The van der Waals surface area contributed by atoms with Crippen molar-refractivity contribution in [1.82, 2.24) is 10.2 Å². The van der Waals surface area contributed by atoms with Gasteiger partial charge < -0.3 is 25.1 Å². The summed E-state index contributed by atoms with van der Waals surface area (Å²) in [6.07, 6.45) is 0.448. The number of nitrogens with one attached hydrogen (secondary N) is 1. The number of carbonyl (C=O) groups is 2. The Bertz CT molecular complexity index is 858. The van der Waals surface area contributed by atoms with Gasteiger partial charge in [0.05, 0.1) is 12.2 Å². The third-order valence-electron chi connectivity index (χ3n) is 4.69. The van der Waals surface area contributed by atoms with E-state index >= 15 is 0 Å². The SMILES string of the molecule is CCOc1ccc2oc(C)c(C(=O)N3C[C@H](N)C[C@H]3C(=O)NC(C)C)c2c1. The van der Waals surface area contributed by atoms with Crippen molar-refractivity contribution in [2.24, 2.45) is 5.73 Å². The largest absolute Gasteiger partial charge is 0.494 e. The highest BCUT2D eigenvalue weighted by Gasteiger charge is 2.40. The first-order valence-corrected chi connectivity index (χ1v) is 9.34. The van der Waals surface area contributed by atoms with E-state index in [1.165, 1.54) is 0 Å². The highest BCUT2D eigenvalue weighted by Crippen LogP contribution is 2.32. The van der Waals surface area contributed by atoms with Crippen LogP contribution < -0.4 is 15.8 Å². The number of benzene rings is 1. The van der Waals surface area contributed by atoms with Crippen LogP contribution in [-0.4, -0.2) is 48.0 Å². The fourth-order valence-electron chi connectivity index (χ4n) is 3.59. The smallest absolute Gasteiger partial charge is 0.258 e. The Hall–Kier alpha value is -2.54. The molecule has 0 aliphatic carbocycles. The molecule has 2 atom stereocenters. The molecule has 1 aliphatic heterocycles. The summed E-state index contributed by atoms with van der Waals surface area (Å²) in [5.41, 5.74) is 7.15. The molecule has 146 valence electrons. The predicted octanol–water partition coefficient (Wildman–Crippen LogP) is 2.21. The second-order valence-corrected chi connectivity index (χ2v) is 7.26. The molecular formula is C20H27N3O4. The Labute approximate surface area is 158 Å². The number of ether oxygens (including phenoxy) is 1. The van der Waals surface area contributed by atoms with E-state index in [0.29, 0.717) is 47.6 Å². The molecule has 1 fully saturated rings. The van der Waals surface area contributed by atoms with Gasteiger partial charge in [0.2, 0.25) is 5.91 Å². The number of furan rings is 1. The summed E-state index contributed by atoms with van der Waals surface area (Å²) in [5.74, 6) is 0.780. The van der Waals surface area contributed by atoms with Gasteiger partial charge in [-0.25, -0.2) is 0 Å². The zero-order chi connectivity index (χ0) is 19.7. The second kappa shape index (κ2) is 7.60. The maximum absolute atomic E-state index is 13.3. The van der Waals surface area contributed by atoms with Crippen molar-refractivity contribution in [3.63, 3.8) is 0 Å². The molecule has 3 N–H and O–H groups in total. The lowest BCUT2D eigenvalue weighted by atomic mass is 10.1. The Morgan fingerprint density at radius 2 is 2.15 bits per heavy atom. The van der Waals surface area contributed by atoms with Crippen LogP contribution in [0.15, 0.2) is 22.6 Å². The van der Waals surface area contributed by atoms with Crippen molar-refractivity contribution in [2.75, 3.05) is 13.2 Å². The first-order valence-electron chi connectivity index (χ1n) is 9.34. The Morgan fingerprint density at radius 3 is 2.81 bits per heavy atom. The molecule has 0 spiro atoms. The van der Waals surface area contributed by atoms with E-state index in [-0.39, 0.29) is 23.9 Å². The molecule has 0 unspecified atom stereocenters. The van der Waals surface area contributed by atoms with Crippen LogP contribution >= 0.6 is 0 Å². The fourth-order valence-corrected chi connectivity index (χ4v) is 3.59. The number of fused-ring (bicyclic) bond motifs is 1. The second-order valence-electron chi connectivity index (χ2n) is 7.26. The number of nitrogens with zero attached hydrogens (tertiary/aromatic N) is 1. The van der Waals surface area contributed by atoms with Gasteiger partial charge in [-0.05, 0) is 52.3 Å². The molecule has 27 heavy (non-hydrogen) atoms. The lowest BCUT2D eigenvalue weighted by Crippen LogP contribution is -2.47. The summed E-state index contributed by atoms with van der Waals surface area (Å²) < 4.78 is 11.3. The lowest BCUT2D eigenvalue weighted by Gasteiger charge is -2.24. The van der Waals surface area contributed by atoms with E-state index in [4.69, 9.17) is 14.9 Å². The maximum Gasteiger partial charge on any atom is 0.258 e. The number of aryl methyl sites for hydroxylation is 1. The van der Waals surface area contributed by atoms with Crippen LogP contribution in [0.3, 0.4) is 0 Å². The van der Waals surface area contributed by atoms with Gasteiger partial charge in [-0.2, -0.15) is 0 Å². The van der Waals surface area contributed by atoms with Crippen molar-refractivity contribution in [3.05, 3.63) is 29.5 Å². The molecule has 0 radical (unpaired) electrons. The van der Waals surface area contributed by atoms with Crippen molar-refractivity contribution < 1.29 is 18.7 Å². The van der Waals surface area contributed by atoms with E-state index < -0.39 is 6.04 Å². The molecule has 7 nitrogen and oxygen atoms in total. The van der Waals surface area contributed by atoms with Gasteiger partial charge >= 0.3 is 0 Å². The first kappa shape index (κ1) is 19.2. The summed E-state index contributed by atoms with van der Waals surface area (Å²) in [5, 5.41) is 3.57. The summed E-state index contributed by atoms with van der Waals surface area (Å²) in [4.78, 5) is 27.5. The zero-order valence-electron chi connectivity index (χ0n) is 16.2. The molecular weight excluding hydrogens is 346 g/mol. The van der Waals surface area contributed by atoms with Crippen molar-refractivity contribution in [3.8, 4) is 5.75 Å². The molecule has 1 aromatic heterocycles. The van der Waals surface area contributed by atoms with Crippen LogP contribution in [0.25, 0.3) is 11.0 Å². The van der Waals surface area contributed by atoms with Crippen LogP contribution in [0, 0.1) is 6.92 Å². The van der Waals surface area contributed by atoms with E-state index in [0.717, 1.165) is 0 Å². The number of rotatable bonds is 5.